The molecule has 0 radical (unpaired) electrons. The lowest BCUT2D eigenvalue weighted by Crippen LogP contribution is -2.32. The highest BCUT2D eigenvalue weighted by molar-refractivity contribution is 7.13. The fraction of sp³-hybridized carbons (Fsp3) is 0.188. The fourth-order valence-corrected chi connectivity index (χ4v) is 6.13. The van der Waals surface area contributed by atoms with Crippen LogP contribution in [-0.4, -0.2) is 63.4 Å². The largest absolute Gasteiger partial charge is 0.490 e. The van der Waals surface area contributed by atoms with Crippen molar-refractivity contribution >= 4 is 68.8 Å². The molecule has 0 amide bonds. The van der Waals surface area contributed by atoms with Gasteiger partial charge >= 0.3 is 12.1 Å². The average Bonchev–Trinajstić information content (AvgIpc) is 3.70. The summed E-state index contributed by atoms with van der Waals surface area (Å²) in [6.45, 7) is 5.79. The van der Waals surface area contributed by atoms with Gasteiger partial charge in [0.05, 0.1) is 11.4 Å². The number of hydrogen-bond acceptors (Lipinski definition) is 10. The second-order valence-electron chi connectivity index (χ2n) is 10.5. The van der Waals surface area contributed by atoms with Gasteiger partial charge in [0.25, 0.3) is 0 Å². The summed E-state index contributed by atoms with van der Waals surface area (Å²) >= 11 is 1.70. The van der Waals surface area contributed by atoms with Crippen LogP contribution in [0.4, 0.5) is 36.4 Å². The zero-order valence-corrected chi connectivity index (χ0v) is 25.7. The summed E-state index contributed by atoms with van der Waals surface area (Å²) in [7, 11) is 1.83. The van der Waals surface area contributed by atoms with E-state index in [0.29, 0.717) is 5.95 Å². The van der Waals surface area contributed by atoms with Crippen LogP contribution >= 0.6 is 11.3 Å². The molecule has 7 rings (SSSR count). The number of benzene rings is 2. The van der Waals surface area contributed by atoms with E-state index < -0.39 is 12.1 Å². The van der Waals surface area contributed by atoms with Gasteiger partial charge in [0.1, 0.15) is 17.3 Å². The molecule has 0 fully saturated rings. The summed E-state index contributed by atoms with van der Waals surface area (Å²) in [5.74, 6) is 0.453. The molecule has 5 heterocycles. The molecule has 2 aliphatic heterocycles. The molecule has 3 N–H and O–H groups in total. The van der Waals surface area contributed by atoms with Crippen molar-refractivity contribution in [2.24, 2.45) is 4.99 Å². The Morgan fingerprint density at radius 2 is 1.83 bits per heavy atom. The predicted molar refractivity (Wildman–Crippen MR) is 175 cm³/mol. The zero-order valence-electron chi connectivity index (χ0n) is 24.8. The Morgan fingerprint density at radius 3 is 2.50 bits per heavy atom. The molecule has 234 valence electrons. The number of halogens is 3. The minimum absolute atomic E-state index is 0.609. The molecule has 10 nitrogen and oxygen atoms in total. The standard InChI is InChI=1S/C30H26N8S.C2HF3O2/c1-17-12-25(39-16-17)26-22-6-4-5-7-23(22)27(37-36-26)34-20-8-9-21(18(2)13-20)24-14-19-15-33-30(31-3)35-28(19)38-11-10-32-29(24)38;3-2(4,5)1(6)7/h4-9,12-16H,10-11H2,1-3H3,(H,34,37)(H,31,33,35);(H,6,7). The maximum atomic E-state index is 10.6. The third-order valence-electron chi connectivity index (χ3n) is 7.33. The van der Waals surface area contributed by atoms with Crippen LogP contribution in [0.5, 0.6) is 0 Å². The second kappa shape index (κ2) is 12.2. The van der Waals surface area contributed by atoms with Crippen LogP contribution < -0.4 is 15.5 Å². The summed E-state index contributed by atoms with van der Waals surface area (Å²) in [6, 6.07) is 16.8. The van der Waals surface area contributed by atoms with Crippen molar-refractivity contribution in [3.05, 3.63) is 82.4 Å². The first-order valence-electron chi connectivity index (χ1n) is 14.1. The number of thiophene rings is 1. The third kappa shape index (κ3) is 5.98. The van der Waals surface area contributed by atoms with Crippen LogP contribution in [0.2, 0.25) is 0 Å². The number of nitrogens with zero attached hydrogens (tertiary/aromatic N) is 6. The van der Waals surface area contributed by atoms with E-state index in [1.807, 2.05) is 25.4 Å². The number of aliphatic carboxylic acids is 1. The number of anilines is 4. The van der Waals surface area contributed by atoms with Gasteiger partial charge in [0, 0.05) is 47.4 Å². The number of carbonyl (C=O) groups is 1. The van der Waals surface area contributed by atoms with E-state index in [4.69, 9.17) is 19.9 Å². The van der Waals surface area contributed by atoms with Crippen molar-refractivity contribution < 1.29 is 23.1 Å². The maximum absolute atomic E-state index is 10.6. The van der Waals surface area contributed by atoms with Crippen molar-refractivity contribution in [3.63, 3.8) is 0 Å². The van der Waals surface area contributed by atoms with Crippen LogP contribution in [0, 0.1) is 13.8 Å². The number of nitrogens with one attached hydrogen (secondary N) is 2. The topological polar surface area (TPSA) is 129 Å². The third-order valence-corrected chi connectivity index (χ3v) is 8.38. The number of alkyl halides is 3. The van der Waals surface area contributed by atoms with Crippen LogP contribution in [0.25, 0.3) is 33.0 Å². The molecular formula is C32H27F3N8O2S. The minimum atomic E-state index is -5.08. The highest BCUT2D eigenvalue weighted by Gasteiger charge is 2.38. The Balaban J connectivity index is 0.000000480. The molecule has 0 saturated heterocycles. The number of hydrogen-bond donors (Lipinski definition) is 3. The number of carboxylic acids is 1. The number of amidine groups is 1. The first-order chi connectivity index (χ1) is 22.0. The summed E-state index contributed by atoms with van der Waals surface area (Å²) in [6.07, 6.45) is -1.06. The fourth-order valence-electron chi connectivity index (χ4n) is 5.24. The smallest absolute Gasteiger partial charge is 0.475 e. The normalized spacial score (nSPS) is 13.7. The van der Waals surface area contributed by atoms with E-state index in [2.05, 4.69) is 92.4 Å². The molecule has 3 aromatic heterocycles. The Labute approximate surface area is 265 Å². The average molecular weight is 645 g/mol. The van der Waals surface area contributed by atoms with E-state index in [-0.39, 0.29) is 0 Å². The Kier molecular flexibility index (Phi) is 8.13. The minimum Gasteiger partial charge on any atom is -0.475 e. The van der Waals surface area contributed by atoms with E-state index in [1.54, 1.807) is 11.3 Å². The molecule has 0 aliphatic carbocycles. The van der Waals surface area contributed by atoms with Gasteiger partial charge in [-0.1, -0.05) is 30.3 Å². The molecule has 0 bridgehead atoms. The monoisotopic (exact) mass is 644 g/mol. The second-order valence-corrected chi connectivity index (χ2v) is 11.4. The van der Waals surface area contributed by atoms with Gasteiger partial charge in [-0.3, -0.25) is 4.99 Å². The first kappa shape index (κ1) is 30.6. The van der Waals surface area contributed by atoms with Crippen LogP contribution in [0.1, 0.15) is 22.3 Å². The quantitative estimate of drug-likeness (QED) is 0.186. The van der Waals surface area contributed by atoms with Crippen molar-refractivity contribution in [1.82, 2.24) is 20.2 Å². The van der Waals surface area contributed by atoms with E-state index in [0.717, 1.165) is 79.9 Å². The zero-order chi connectivity index (χ0) is 32.6. The SMILES string of the molecule is CNc1ncc2c(n1)N1CCN=C1C(c1ccc(Nc3nnc(-c4cc(C)cs4)c4ccccc34)cc1C)=C2.O=C(O)C(F)(F)F. The first-order valence-corrected chi connectivity index (χ1v) is 15.0. The van der Waals surface area contributed by atoms with Gasteiger partial charge in [-0.2, -0.15) is 18.2 Å². The van der Waals surface area contributed by atoms with Crippen molar-refractivity contribution in [1.29, 1.82) is 0 Å². The number of carboxylic acid groups (broad SMARTS) is 1. The molecule has 2 aromatic carbocycles. The van der Waals surface area contributed by atoms with E-state index in [1.165, 1.54) is 5.56 Å². The summed E-state index contributed by atoms with van der Waals surface area (Å²) in [5.41, 5.74) is 7.46. The molecule has 14 heteroatoms. The number of aryl methyl sites for hydroxylation is 2. The van der Waals surface area contributed by atoms with Crippen molar-refractivity contribution in [2.45, 2.75) is 20.0 Å². The molecular weight excluding hydrogens is 617 g/mol. The van der Waals surface area contributed by atoms with Gasteiger partial charge in [-0.05, 0) is 60.2 Å². The number of aromatic nitrogens is 4. The lowest BCUT2D eigenvalue weighted by atomic mass is 9.94. The lowest BCUT2D eigenvalue weighted by molar-refractivity contribution is -0.192. The molecule has 0 atom stereocenters. The number of fused-ring (bicyclic) bond motifs is 4. The molecule has 0 unspecified atom stereocenters. The van der Waals surface area contributed by atoms with Crippen LogP contribution in [0.3, 0.4) is 0 Å². The van der Waals surface area contributed by atoms with Gasteiger partial charge < -0.3 is 20.6 Å². The highest BCUT2D eigenvalue weighted by atomic mass is 32.1. The van der Waals surface area contributed by atoms with Gasteiger partial charge in [0.15, 0.2) is 5.82 Å². The van der Waals surface area contributed by atoms with Gasteiger partial charge in [0.2, 0.25) is 5.95 Å². The number of rotatable bonds is 5. The van der Waals surface area contributed by atoms with Gasteiger partial charge in [-0.15, -0.1) is 21.5 Å². The van der Waals surface area contributed by atoms with Crippen molar-refractivity contribution in [2.75, 3.05) is 35.7 Å². The summed E-state index contributed by atoms with van der Waals surface area (Å²) in [5, 5.41) is 27.2. The molecule has 5 aromatic rings. The lowest BCUT2D eigenvalue weighted by Gasteiger charge is -2.28. The maximum Gasteiger partial charge on any atom is 0.490 e. The number of aliphatic imine (C=N–C) groups is 1. The highest BCUT2D eigenvalue weighted by Crippen LogP contribution is 2.38. The Bertz CT molecular complexity index is 2040. The Morgan fingerprint density at radius 1 is 1.07 bits per heavy atom. The molecule has 0 spiro atoms. The van der Waals surface area contributed by atoms with E-state index >= 15 is 0 Å². The summed E-state index contributed by atoms with van der Waals surface area (Å²) in [4.78, 5) is 26.2. The molecule has 46 heavy (non-hydrogen) atoms. The predicted octanol–water partition coefficient (Wildman–Crippen LogP) is 6.96. The Hall–Kier alpha value is -5.37. The van der Waals surface area contributed by atoms with Crippen LogP contribution in [0.15, 0.2) is 65.1 Å². The molecule has 0 saturated carbocycles. The van der Waals surface area contributed by atoms with Crippen molar-refractivity contribution in [3.8, 4) is 10.6 Å². The van der Waals surface area contributed by atoms with Crippen LogP contribution in [-0.2, 0) is 4.79 Å². The van der Waals surface area contributed by atoms with E-state index in [9.17, 15) is 13.2 Å². The molecule has 2 aliphatic rings. The summed E-state index contributed by atoms with van der Waals surface area (Å²) < 4.78 is 31.7. The van der Waals surface area contributed by atoms with Gasteiger partial charge in [-0.25, -0.2) is 9.78 Å².